The summed E-state index contributed by atoms with van der Waals surface area (Å²) in [5.41, 5.74) is -0.244. The number of hydrogen-bond donors (Lipinski definition) is 1. The summed E-state index contributed by atoms with van der Waals surface area (Å²) in [6.07, 6.45) is 13.0. The molecule has 1 heterocycles. The van der Waals surface area contributed by atoms with Gasteiger partial charge in [-0.1, -0.05) is 45.4 Å². The van der Waals surface area contributed by atoms with Gasteiger partial charge in [-0.05, 0) is 19.3 Å². The molecule has 0 aromatic carbocycles. The molecule has 4 nitrogen and oxygen atoms in total. The summed E-state index contributed by atoms with van der Waals surface area (Å²) in [7, 11) is 0. The molecule has 0 amide bonds. The van der Waals surface area contributed by atoms with Crippen molar-refractivity contribution < 1.29 is 19.0 Å². The summed E-state index contributed by atoms with van der Waals surface area (Å²) >= 11 is 0. The van der Waals surface area contributed by atoms with E-state index in [1.165, 1.54) is 44.5 Å². The number of aromatic nitrogens is 1. The Kier molecular flexibility index (Phi) is 10.4. The molecule has 0 radical (unpaired) electrons. The fraction of sp³-hybridized carbons (Fsp3) is 0.722. The molecule has 1 N–H and O–H groups in total. The minimum Gasteiger partial charge on any atom is -0.478 e. The number of carboxylic acids is 1. The van der Waals surface area contributed by atoms with Crippen molar-refractivity contribution in [1.82, 2.24) is 4.57 Å². The summed E-state index contributed by atoms with van der Waals surface area (Å²) in [5, 5.41) is 8.79. The highest BCUT2D eigenvalue weighted by molar-refractivity contribution is 5.87. The number of rotatable bonds is 14. The van der Waals surface area contributed by atoms with Crippen LogP contribution >= 0.6 is 0 Å². The second-order valence-electron chi connectivity index (χ2n) is 6.00. The van der Waals surface area contributed by atoms with Crippen molar-refractivity contribution >= 4 is 5.97 Å². The maximum atomic E-state index is 13.3. The molecule has 132 valence electrons. The van der Waals surface area contributed by atoms with Gasteiger partial charge in [-0.2, -0.15) is 0 Å². The van der Waals surface area contributed by atoms with Gasteiger partial charge in [0.15, 0.2) is 5.82 Å². The second-order valence-corrected chi connectivity index (χ2v) is 6.00. The van der Waals surface area contributed by atoms with Gasteiger partial charge in [-0.25, -0.2) is 9.18 Å². The van der Waals surface area contributed by atoms with Gasteiger partial charge < -0.3 is 14.4 Å². The summed E-state index contributed by atoms with van der Waals surface area (Å²) in [4.78, 5) is 10.7. The van der Waals surface area contributed by atoms with Crippen molar-refractivity contribution in [2.24, 2.45) is 0 Å². The fourth-order valence-electron chi connectivity index (χ4n) is 2.50. The molecule has 0 aliphatic rings. The van der Waals surface area contributed by atoms with Gasteiger partial charge >= 0.3 is 5.97 Å². The van der Waals surface area contributed by atoms with Crippen LogP contribution in [0, 0.1) is 5.82 Å². The first-order chi connectivity index (χ1) is 11.1. The third-order valence-corrected chi connectivity index (χ3v) is 3.91. The number of carbonyl (C=O) groups is 1. The third-order valence-electron chi connectivity index (χ3n) is 3.91. The predicted octanol–water partition coefficient (Wildman–Crippen LogP) is 4.87. The van der Waals surface area contributed by atoms with Gasteiger partial charge in [-0.3, -0.25) is 0 Å². The minimum atomic E-state index is -1.21. The van der Waals surface area contributed by atoms with Crippen molar-refractivity contribution in [2.45, 2.75) is 71.3 Å². The van der Waals surface area contributed by atoms with Crippen molar-refractivity contribution in [2.75, 3.05) is 13.2 Å². The van der Waals surface area contributed by atoms with Crippen LogP contribution in [0.25, 0.3) is 0 Å². The van der Waals surface area contributed by atoms with E-state index in [0.29, 0.717) is 6.54 Å². The molecule has 1 aromatic heterocycles. The monoisotopic (exact) mass is 327 g/mol. The van der Waals surface area contributed by atoms with E-state index in [-0.39, 0.29) is 5.56 Å². The predicted molar refractivity (Wildman–Crippen MR) is 89.4 cm³/mol. The molecule has 0 spiro atoms. The zero-order valence-electron chi connectivity index (χ0n) is 14.2. The number of hydrogen-bond acceptors (Lipinski definition) is 2. The summed E-state index contributed by atoms with van der Waals surface area (Å²) in [6.45, 7) is 4.61. The van der Waals surface area contributed by atoms with Gasteiger partial charge in [0.1, 0.15) is 5.56 Å². The van der Waals surface area contributed by atoms with Gasteiger partial charge in [0.25, 0.3) is 0 Å². The van der Waals surface area contributed by atoms with Crippen LogP contribution in [-0.4, -0.2) is 28.9 Å². The van der Waals surface area contributed by atoms with Crippen LogP contribution in [0.5, 0.6) is 0 Å². The van der Waals surface area contributed by atoms with Gasteiger partial charge in [-0.15, -0.1) is 0 Å². The molecule has 1 rings (SSSR count). The molecule has 0 atom stereocenters. The first-order valence-electron chi connectivity index (χ1n) is 8.81. The lowest BCUT2D eigenvalue weighted by Gasteiger charge is -2.04. The Morgan fingerprint density at radius 3 is 2.26 bits per heavy atom. The van der Waals surface area contributed by atoms with Crippen LogP contribution < -0.4 is 0 Å². The van der Waals surface area contributed by atoms with Crippen molar-refractivity contribution in [1.29, 1.82) is 0 Å². The molecule has 0 bridgehead atoms. The summed E-state index contributed by atoms with van der Waals surface area (Å²) in [6, 6.07) is 0. The standard InChI is InChI=1S/C18H30FNO3/c1-2-3-12-23-13-10-8-6-4-5-7-9-11-20-14-16(18(21)22)17(19)15-20/h14-15H,2-13H2,1H3,(H,21,22). The van der Waals surface area contributed by atoms with Crippen LogP contribution in [-0.2, 0) is 11.3 Å². The number of nitrogens with zero attached hydrogens (tertiary/aromatic N) is 1. The maximum absolute atomic E-state index is 13.3. The molecule has 0 unspecified atom stereocenters. The van der Waals surface area contributed by atoms with Crippen LogP contribution in [0.4, 0.5) is 4.39 Å². The SMILES string of the molecule is CCCCOCCCCCCCCCn1cc(F)c(C(=O)O)c1. The van der Waals surface area contributed by atoms with Crippen molar-refractivity contribution in [3.63, 3.8) is 0 Å². The number of carboxylic acid groups (broad SMARTS) is 1. The molecule has 0 aliphatic heterocycles. The topological polar surface area (TPSA) is 51.5 Å². The molecule has 5 heteroatoms. The highest BCUT2D eigenvalue weighted by Gasteiger charge is 2.12. The van der Waals surface area contributed by atoms with Crippen LogP contribution in [0.1, 0.15) is 75.1 Å². The van der Waals surface area contributed by atoms with E-state index in [1.54, 1.807) is 4.57 Å². The number of aromatic carboxylic acids is 1. The first kappa shape index (κ1) is 19.7. The highest BCUT2D eigenvalue weighted by atomic mass is 19.1. The number of ether oxygens (including phenoxy) is 1. The molecule has 0 fully saturated rings. The molecule has 1 aromatic rings. The smallest absolute Gasteiger partial charge is 0.340 e. The Hall–Kier alpha value is -1.36. The van der Waals surface area contributed by atoms with Gasteiger partial charge in [0.2, 0.25) is 0 Å². The lowest BCUT2D eigenvalue weighted by atomic mass is 10.1. The Labute approximate surface area is 138 Å². The second kappa shape index (κ2) is 12.1. The molecule has 23 heavy (non-hydrogen) atoms. The summed E-state index contributed by atoms with van der Waals surface area (Å²) < 4.78 is 20.4. The fourth-order valence-corrected chi connectivity index (χ4v) is 2.50. The van der Waals surface area contributed by atoms with E-state index in [2.05, 4.69) is 6.92 Å². The lowest BCUT2D eigenvalue weighted by Crippen LogP contribution is -1.97. The molecular weight excluding hydrogens is 297 g/mol. The van der Waals surface area contributed by atoms with Gasteiger partial charge in [0.05, 0.1) is 0 Å². The number of aryl methyl sites for hydroxylation is 1. The van der Waals surface area contributed by atoms with E-state index in [0.717, 1.165) is 38.9 Å². The average molecular weight is 327 g/mol. The zero-order valence-corrected chi connectivity index (χ0v) is 14.2. The van der Waals surface area contributed by atoms with Crippen LogP contribution in [0.15, 0.2) is 12.4 Å². The Balaban J connectivity index is 1.94. The maximum Gasteiger partial charge on any atom is 0.340 e. The zero-order chi connectivity index (χ0) is 16.9. The number of unbranched alkanes of at least 4 members (excludes halogenated alkanes) is 7. The van der Waals surface area contributed by atoms with Crippen molar-refractivity contribution in [3.05, 3.63) is 23.8 Å². The summed E-state index contributed by atoms with van der Waals surface area (Å²) in [5.74, 6) is -1.86. The molecular formula is C18H30FNO3. The molecule has 0 saturated carbocycles. The Morgan fingerprint density at radius 2 is 1.65 bits per heavy atom. The van der Waals surface area contributed by atoms with E-state index >= 15 is 0 Å². The molecule has 0 aliphatic carbocycles. The van der Waals surface area contributed by atoms with Crippen LogP contribution in [0.3, 0.4) is 0 Å². The Morgan fingerprint density at radius 1 is 1.04 bits per heavy atom. The third kappa shape index (κ3) is 8.74. The largest absolute Gasteiger partial charge is 0.478 e. The van der Waals surface area contributed by atoms with Gasteiger partial charge in [0, 0.05) is 32.2 Å². The van der Waals surface area contributed by atoms with E-state index < -0.39 is 11.8 Å². The average Bonchev–Trinajstić information content (AvgIpc) is 2.89. The quantitative estimate of drug-likeness (QED) is 0.496. The molecule has 0 saturated heterocycles. The first-order valence-corrected chi connectivity index (χ1v) is 8.81. The minimum absolute atomic E-state index is 0.244. The van der Waals surface area contributed by atoms with E-state index in [4.69, 9.17) is 9.84 Å². The van der Waals surface area contributed by atoms with E-state index in [1.807, 2.05) is 0 Å². The normalized spacial score (nSPS) is 11.0. The van der Waals surface area contributed by atoms with E-state index in [9.17, 15) is 9.18 Å². The number of halogens is 1. The lowest BCUT2D eigenvalue weighted by molar-refractivity contribution is 0.0692. The van der Waals surface area contributed by atoms with Crippen LogP contribution in [0.2, 0.25) is 0 Å². The highest BCUT2D eigenvalue weighted by Crippen LogP contribution is 2.12. The van der Waals surface area contributed by atoms with Crippen molar-refractivity contribution in [3.8, 4) is 0 Å². The Bertz CT molecular complexity index is 445.